The summed E-state index contributed by atoms with van der Waals surface area (Å²) >= 11 is 0. The van der Waals surface area contributed by atoms with Crippen molar-refractivity contribution in [1.82, 2.24) is 19.4 Å². The Morgan fingerprint density at radius 2 is 2.09 bits per heavy atom. The van der Waals surface area contributed by atoms with Crippen LogP contribution in [0.5, 0.6) is 0 Å². The lowest BCUT2D eigenvalue weighted by Crippen LogP contribution is -2.34. The van der Waals surface area contributed by atoms with Gasteiger partial charge in [0, 0.05) is 18.5 Å². The van der Waals surface area contributed by atoms with Gasteiger partial charge in [-0.15, -0.1) is 0 Å². The standard InChI is InChI=1S/C15H24BN5O/c1-5-21-13-11(9-12(16)14(21)22)10(2)18-15(19-13)17-7-6-8-20(3)4/h9H,5-8,16H2,1-4H3,(H,17,18,19). The van der Waals surface area contributed by atoms with Gasteiger partial charge in [-0.3, -0.25) is 9.36 Å². The summed E-state index contributed by atoms with van der Waals surface area (Å²) in [6.07, 6.45) is 1.02. The fourth-order valence-corrected chi connectivity index (χ4v) is 2.50. The first kappa shape index (κ1) is 16.5. The van der Waals surface area contributed by atoms with Crippen LogP contribution in [0.15, 0.2) is 10.9 Å². The summed E-state index contributed by atoms with van der Waals surface area (Å²) < 4.78 is 1.71. The van der Waals surface area contributed by atoms with Crippen LogP contribution in [0.2, 0.25) is 0 Å². The van der Waals surface area contributed by atoms with Crippen LogP contribution >= 0.6 is 0 Å². The Hall–Kier alpha value is -1.89. The number of fused-ring (bicyclic) bond motifs is 1. The van der Waals surface area contributed by atoms with Crippen LogP contribution in [0.1, 0.15) is 19.0 Å². The SMILES string of the molecule is Bc1cc2c(C)nc(NCCCN(C)C)nc2n(CC)c1=O. The zero-order valence-corrected chi connectivity index (χ0v) is 14.1. The Bertz CT molecular complexity index is 726. The van der Waals surface area contributed by atoms with Crippen LogP contribution in [-0.2, 0) is 6.54 Å². The summed E-state index contributed by atoms with van der Waals surface area (Å²) in [7, 11) is 5.94. The van der Waals surface area contributed by atoms with Crippen LogP contribution in [0.3, 0.4) is 0 Å². The first-order chi connectivity index (χ1) is 10.4. The molecule has 0 aromatic carbocycles. The van der Waals surface area contributed by atoms with Gasteiger partial charge in [0.15, 0.2) is 0 Å². The molecule has 0 aliphatic heterocycles. The van der Waals surface area contributed by atoms with Crippen molar-refractivity contribution in [2.75, 3.05) is 32.5 Å². The highest BCUT2D eigenvalue weighted by atomic mass is 16.1. The van der Waals surface area contributed by atoms with Crippen molar-refractivity contribution in [1.29, 1.82) is 0 Å². The minimum Gasteiger partial charge on any atom is -0.354 e. The molecule has 0 aliphatic rings. The molecule has 0 fully saturated rings. The number of hydrogen-bond donors (Lipinski definition) is 1. The summed E-state index contributed by atoms with van der Waals surface area (Å²) in [6.45, 7) is 6.35. The molecule has 6 nitrogen and oxygen atoms in total. The maximum absolute atomic E-state index is 12.2. The van der Waals surface area contributed by atoms with E-state index >= 15 is 0 Å². The van der Waals surface area contributed by atoms with E-state index in [0.29, 0.717) is 18.1 Å². The molecule has 1 N–H and O–H groups in total. The lowest BCUT2D eigenvalue weighted by molar-refractivity contribution is 0.405. The fraction of sp³-hybridized carbons (Fsp3) is 0.533. The molecule has 0 unspecified atom stereocenters. The first-order valence-electron chi connectivity index (χ1n) is 7.71. The molecule has 0 saturated heterocycles. The minimum atomic E-state index is 0.0201. The van der Waals surface area contributed by atoms with Crippen LogP contribution < -0.4 is 16.3 Å². The van der Waals surface area contributed by atoms with E-state index in [1.54, 1.807) is 4.57 Å². The highest BCUT2D eigenvalue weighted by molar-refractivity contribution is 6.32. The Morgan fingerprint density at radius 1 is 1.36 bits per heavy atom. The topological polar surface area (TPSA) is 63.1 Å². The molecule has 7 heteroatoms. The predicted molar refractivity (Wildman–Crippen MR) is 94.0 cm³/mol. The second-order valence-corrected chi connectivity index (χ2v) is 5.83. The van der Waals surface area contributed by atoms with Gasteiger partial charge in [0.1, 0.15) is 13.5 Å². The minimum absolute atomic E-state index is 0.0201. The third-order valence-corrected chi connectivity index (χ3v) is 3.70. The third-order valence-electron chi connectivity index (χ3n) is 3.70. The summed E-state index contributed by atoms with van der Waals surface area (Å²) in [5.41, 5.74) is 2.35. The number of aryl methyl sites for hydroxylation is 2. The summed E-state index contributed by atoms with van der Waals surface area (Å²) in [5.74, 6) is 0.592. The molecular formula is C15H24BN5O. The molecular weight excluding hydrogens is 277 g/mol. The quantitative estimate of drug-likeness (QED) is 0.588. The normalized spacial score (nSPS) is 11.3. The molecule has 118 valence electrons. The molecule has 0 atom stereocenters. The summed E-state index contributed by atoms with van der Waals surface area (Å²) in [4.78, 5) is 23.5. The molecule has 2 rings (SSSR count). The number of nitrogens with zero attached hydrogens (tertiary/aromatic N) is 4. The van der Waals surface area contributed by atoms with Gasteiger partial charge in [0.05, 0.1) is 5.69 Å². The van der Waals surface area contributed by atoms with Crippen molar-refractivity contribution in [2.24, 2.45) is 0 Å². The molecule has 0 spiro atoms. The molecule has 2 aromatic heterocycles. The first-order valence-corrected chi connectivity index (χ1v) is 7.71. The Kier molecular flexibility index (Phi) is 5.18. The van der Waals surface area contributed by atoms with Crippen molar-refractivity contribution in [3.63, 3.8) is 0 Å². The van der Waals surface area contributed by atoms with Gasteiger partial charge in [0.25, 0.3) is 0 Å². The van der Waals surface area contributed by atoms with E-state index in [1.165, 1.54) is 0 Å². The van der Waals surface area contributed by atoms with Crippen molar-refractivity contribution < 1.29 is 0 Å². The molecule has 0 saturated carbocycles. The number of aromatic nitrogens is 3. The Labute approximate surface area is 132 Å². The van der Waals surface area contributed by atoms with Gasteiger partial charge in [-0.25, -0.2) is 4.98 Å². The smallest absolute Gasteiger partial charge is 0.245 e. The van der Waals surface area contributed by atoms with Crippen LogP contribution in [0.25, 0.3) is 11.0 Å². The number of hydrogen-bond acceptors (Lipinski definition) is 5. The third kappa shape index (κ3) is 3.47. The maximum Gasteiger partial charge on any atom is 0.245 e. The largest absolute Gasteiger partial charge is 0.354 e. The van der Waals surface area contributed by atoms with E-state index in [0.717, 1.165) is 36.1 Å². The van der Waals surface area contributed by atoms with E-state index in [4.69, 9.17) is 0 Å². The lowest BCUT2D eigenvalue weighted by atomic mass is 9.96. The highest BCUT2D eigenvalue weighted by Crippen LogP contribution is 2.14. The second kappa shape index (κ2) is 6.92. The van der Waals surface area contributed by atoms with Gasteiger partial charge >= 0.3 is 0 Å². The molecule has 22 heavy (non-hydrogen) atoms. The van der Waals surface area contributed by atoms with Crippen molar-refractivity contribution in [2.45, 2.75) is 26.8 Å². The number of pyridine rings is 1. The average molecular weight is 301 g/mol. The van der Waals surface area contributed by atoms with Gasteiger partial charge in [-0.05, 0) is 46.4 Å². The van der Waals surface area contributed by atoms with E-state index in [2.05, 4.69) is 34.3 Å². The van der Waals surface area contributed by atoms with E-state index in [-0.39, 0.29) is 5.56 Å². The zero-order chi connectivity index (χ0) is 16.3. The van der Waals surface area contributed by atoms with Gasteiger partial charge in [-0.2, -0.15) is 4.98 Å². The van der Waals surface area contributed by atoms with E-state index in [9.17, 15) is 4.79 Å². The van der Waals surface area contributed by atoms with Crippen LogP contribution in [0.4, 0.5) is 5.95 Å². The Morgan fingerprint density at radius 3 is 2.73 bits per heavy atom. The van der Waals surface area contributed by atoms with Crippen LogP contribution in [-0.4, -0.2) is 54.5 Å². The van der Waals surface area contributed by atoms with Crippen molar-refractivity contribution >= 4 is 30.3 Å². The average Bonchev–Trinajstić information content (AvgIpc) is 2.46. The van der Waals surface area contributed by atoms with E-state index < -0.39 is 0 Å². The van der Waals surface area contributed by atoms with Crippen molar-refractivity contribution in [3.05, 3.63) is 22.1 Å². The van der Waals surface area contributed by atoms with Gasteiger partial charge < -0.3 is 10.2 Å². The Balaban J connectivity index is 2.35. The summed E-state index contributed by atoms with van der Waals surface area (Å²) in [5, 5.41) is 4.20. The highest BCUT2D eigenvalue weighted by Gasteiger charge is 2.11. The molecule has 2 heterocycles. The zero-order valence-electron chi connectivity index (χ0n) is 14.1. The molecule has 0 radical (unpaired) electrons. The molecule has 2 aromatic rings. The second-order valence-electron chi connectivity index (χ2n) is 5.83. The van der Waals surface area contributed by atoms with Crippen LogP contribution in [0, 0.1) is 6.92 Å². The predicted octanol–water partition coefficient (Wildman–Crippen LogP) is -0.258. The maximum atomic E-state index is 12.2. The molecule has 0 amide bonds. The lowest BCUT2D eigenvalue weighted by Gasteiger charge is -2.13. The number of rotatable bonds is 6. The van der Waals surface area contributed by atoms with E-state index in [1.807, 2.05) is 27.8 Å². The van der Waals surface area contributed by atoms with Gasteiger partial charge in [0.2, 0.25) is 11.5 Å². The monoisotopic (exact) mass is 301 g/mol. The van der Waals surface area contributed by atoms with Gasteiger partial charge in [-0.1, -0.05) is 6.07 Å². The molecule has 0 aliphatic carbocycles. The fourth-order valence-electron chi connectivity index (χ4n) is 2.50. The summed E-state index contributed by atoms with van der Waals surface area (Å²) in [6, 6.07) is 1.88. The molecule has 0 bridgehead atoms. The number of anilines is 1. The van der Waals surface area contributed by atoms with Crippen molar-refractivity contribution in [3.8, 4) is 0 Å². The number of nitrogens with one attached hydrogen (secondary N) is 1.